The van der Waals surface area contributed by atoms with E-state index in [2.05, 4.69) is 78.3 Å². The largest absolute Gasteiger partial charge is 0.0622 e. The Hall–Kier alpha value is -3.22. The molecule has 7 rings (SSSR count). The van der Waals surface area contributed by atoms with Gasteiger partial charge in [-0.1, -0.05) is 72.2 Å². The van der Waals surface area contributed by atoms with E-state index in [1.807, 2.05) is 24.3 Å². The fraction of sp³-hybridized carbons (Fsp3) is 0.312. The average Bonchev–Trinajstić information content (AvgIpc) is 2.82. The Kier molecular flexibility index (Phi) is 4.89. The molecule has 0 heterocycles. The summed E-state index contributed by atoms with van der Waals surface area (Å²) in [4.78, 5) is 0. The Morgan fingerprint density at radius 2 is 1.06 bits per heavy atom. The topological polar surface area (TPSA) is 0 Å². The van der Waals surface area contributed by atoms with Crippen molar-refractivity contribution in [2.24, 2.45) is 17.8 Å². The van der Waals surface area contributed by atoms with E-state index >= 15 is 0 Å². The minimum Gasteiger partial charge on any atom is -0.0622 e. The average molecular weight is 413 g/mol. The van der Waals surface area contributed by atoms with Crippen LogP contribution in [0.2, 0.25) is 0 Å². The van der Waals surface area contributed by atoms with Gasteiger partial charge in [0.15, 0.2) is 0 Å². The van der Waals surface area contributed by atoms with E-state index in [1.54, 1.807) is 0 Å². The standard InChI is InChI=1S/C32H28/c1-3-8-24(9-4-1)14-16-29-12-7-13-31(30(29)17-15-25-10-5-2-6-11-25)32-21-26-18-27(22-32)20-28(19-26)23-32/h1-13,26-28H,18-23H2. The second kappa shape index (κ2) is 8.04. The molecule has 4 fully saturated rings. The van der Waals surface area contributed by atoms with E-state index in [9.17, 15) is 0 Å². The van der Waals surface area contributed by atoms with Crippen molar-refractivity contribution in [3.8, 4) is 23.7 Å². The number of hydrogen-bond acceptors (Lipinski definition) is 0. The zero-order valence-corrected chi connectivity index (χ0v) is 18.5. The molecule has 4 aliphatic carbocycles. The van der Waals surface area contributed by atoms with Gasteiger partial charge in [0.05, 0.1) is 0 Å². The predicted octanol–water partition coefficient (Wildman–Crippen LogP) is 6.95. The molecule has 0 radical (unpaired) electrons. The van der Waals surface area contributed by atoms with Crippen LogP contribution in [0.5, 0.6) is 0 Å². The van der Waals surface area contributed by atoms with Gasteiger partial charge in [-0.2, -0.15) is 0 Å². The molecular weight excluding hydrogens is 384 g/mol. The summed E-state index contributed by atoms with van der Waals surface area (Å²) in [5, 5.41) is 0. The van der Waals surface area contributed by atoms with Crippen LogP contribution >= 0.6 is 0 Å². The fourth-order valence-corrected chi connectivity index (χ4v) is 6.99. The normalized spacial score (nSPS) is 27.2. The van der Waals surface area contributed by atoms with E-state index in [0.717, 1.165) is 34.4 Å². The summed E-state index contributed by atoms with van der Waals surface area (Å²) >= 11 is 0. The summed E-state index contributed by atoms with van der Waals surface area (Å²) in [5.74, 6) is 16.7. The van der Waals surface area contributed by atoms with Gasteiger partial charge in [0.25, 0.3) is 0 Å². The third kappa shape index (κ3) is 3.66. The molecule has 4 saturated carbocycles. The van der Waals surface area contributed by atoms with Gasteiger partial charge < -0.3 is 0 Å². The summed E-state index contributed by atoms with van der Waals surface area (Å²) in [6.07, 6.45) is 8.39. The van der Waals surface area contributed by atoms with Crippen molar-refractivity contribution < 1.29 is 0 Å². The lowest BCUT2D eigenvalue weighted by molar-refractivity contribution is -0.00530. The molecule has 4 bridgehead atoms. The molecule has 0 atom stereocenters. The monoisotopic (exact) mass is 412 g/mol. The first-order valence-electron chi connectivity index (χ1n) is 12.1. The summed E-state index contributed by atoms with van der Waals surface area (Å²) in [7, 11) is 0. The van der Waals surface area contributed by atoms with Gasteiger partial charge in [-0.15, -0.1) is 0 Å². The van der Waals surface area contributed by atoms with Crippen molar-refractivity contribution in [1.82, 2.24) is 0 Å². The van der Waals surface area contributed by atoms with Gasteiger partial charge in [0.2, 0.25) is 0 Å². The number of benzene rings is 3. The minimum atomic E-state index is 0.305. The first-order valence-corrected chi connectivity index (χ1v) is 12.1. The van der Waals surface area contributed by atoms with Crippen molar-refractivity contribution in [1.29, 1.82) is 0 Å². The molecule has 0 saturated heterocycles. The van der Waals surface area contributed by atoms with Crippen molar-refractivity contribution in [2.45, 2.75) is 43.9 Å². The molecule has 156 valence electrons. The van der Waals surface area contributed by atoms with E-state index in [4.69, 9.17) is 0 Å². The Bertz CT molecular complexity index is 1210. The van der Waals surface area contributed by atoms with Crippen LogP contribution in [0.15, 0.2) is 78.9 Å². The molecule has 32 heavy (non-hydrogen) atoms. The van der Waals surface area contributed by atoms with Gasteiger partial charge in [0, 0.05) is 22.3 Å². The molecule has 0 unspecified atom stereocenters. The molecule has 0 nitrogen and oxygen atoms in total. The van der Waals surface area contributed by atoms with Gasteiger partial charge in [0.1, 0.15) is 0 Å². The van der Waals surface area contributed by atoms with Crippen LogP contribution < -0.4 is 0 Å². The Labute approximate surface area is 192 Å². The summed E-state index contributed by atoms with van der Waals surface area (Å²) in [6.45, 7) is 0. The van der Waals surface area contributed by atoms with E-state index in [-0.39, 0.29) is 0 Å². The predicted molar refractivity (Wildman–Crippen MR) is 131 cm³/mol. The lowest BCUT2D eigenvalue weighted by atomic mass is 9.47. The van der Waals surface area contributed by atoms with Crippen molar-refractivity contribution in [2.75, 3.05) is 0 Å². The Balaban J connectivity index is 1.48. The number of rotatable bonds is 1. The van der Waals surface area contributed by atoms with Crippen LogP contribution in [-0.2, 0) is 5.41 Å². The lowest BCUT2D eigenvalue weighted by Gasteiger charge is -2.57. The van der Waals surface area contributed by atoms with Crippen LogP contribution in [-0.4, -0.2) is 0 Å². The maximum Gasteiger partial charge on any atom is 0.0443 e. The van der Waals surface area contributed by atoms with Crippen LogP contribution in [0.1, 0.15) is 66.3 Å². The maximum atomic E-state index is 3.61. The van der Waals surface area contributed by atoms with E-state index in [0.29, 0.717) is 5.41 Å². The minimum absolute atomic E-state index is 0.305. The highest BCUT2D eigenvalue weighted by atomic mass is 14.6. The zero-order chi connectivity index (χ0) is 21.4. The highest BCUT2D eigenvalue weighted by Crippen LogP contribution is 2.61. The lowest BCUT2D eigenvalue weighted by Crippen LogP contribution is -2.48. The van der Waals surface area contributed by atoms with E-state index in [1.165, 1.54) is 49.7 Å². The molecule has 3 aromatic rings. The van der Waals surface area contributed by atoms with Crippen LogP contribution in [0.25, 0.3) is 0 Å². The second-order valence-corrected chi connectivity index (χ2v) is 10.2. The first kappa shape index (κ1) is 19.5. The molecular formula is C32H28. The molecule has 0 amide bonds. The zero-order valence-electron chi connectivity index (χ0n) is 18.5. The quantitative estimate of drug-likeness (QED) is 0.379. The summed E-state index contributed by atoms with van der Waals surface area (Å²) < 4.78 is 0. The van der Waals surface area contributed by atoms with Crippen molar-refractivity contribution >= 4 is 0 Å². The van der Waals surface area contributed by atoms with Crippen molar-refractivity contribution in [3.05, 3.63) is 107 Å². The number of hydrogen-bond donors (Lipinski definition) is 0. The molecule has 0 N–H and O–H groups in total. The van der Waals surface area contributed by atoms with Gasteiger partial charge in [-0.05, 0) is 97.6 Å². The smallest absolute Gasteiger partial charge is 0.0443 e. The van der Waals surface area contributed by atoms with Crippen molar-refractivity contribution in [3.63, 3.8) is 0 Å². The van der Waals surface area contributed by atoms with Gasteiger partial charge in [-0.3, -0.25) is 0 Å². The second-order valence-electron chi connectivity index (χ2n) is 10.2. The molecule has 3 aromatic carbocycles. The molecule has 0 aromatic heterocycles. The Morgan fingerprint density at radius 3 is 1.62 bits per heavy atom. The third-order valence-corrected chi connectivity index (χ3v) is 7.89. The molecule has 0 aliphatic heterocycles. The molecule has 4 aliphatic rings. The summed E-state index contributed by atoms with van der Waals surface area (Å²) in [5.41, 5.74) is 6.14. The van der Waals surface area contributed by atoms with Crippen LogP contribution in [0.4, 0.5) is 0 Å². The summed E-state index contributed by atoms with van der Waals surface area (Å²) in [6, 6.07) is 27.4. The molecule has 0 heteroatoms. The van der Waals surface area contributed by atoms with Crippen LogP contribution in [0, 0.1) is 41.4 Å². The first-order chi connectivity index (χ1) is 15.8. The fourth-order valence-electron chi connectivity index (χ4n) is 6.99. The Morgan fingerprint density at radius 1 is 0.531 bits per heavy atom. The maximum absolute atomic E-state index is 3.61. The highest BCUT2D eigenvalue weighted by molar-refractivity contribution is 5.59. The van der Waals surface area contributed by atoms with E-state index < -0.39 is 0 Å². The SMILES string of the molecule is C(#Cc1cccc(C23CC4CC(CC(C4)C2)C3)c1C#Cc1ccccc1)c1ccccc1. The highest BCUT2D eigenvalue weighted by Gasteiger charge is 2.52. The van der Waals surface area contributed by atoms with Gasteiger partial charge in [-0.25, -0.2) is 0 Å². The molecule has 0 spiro atoms. The van der Waals surface area contributed by atoms with Crippen LogP contribution in [0.3, 0.4) is 0 Å². The third-order valence-electron chi connectivity index (χ3n) is 7.89. The van der Waals surface area contributed by atoms with Gasteiger partial charge >= 0.3 is 0 Å².